The van der Waals surface area contributed by atoms with Gasteiger partial charge in [-0.15, -0.1) is 11.3 Å². The number of methoxy groups -OCH3 is 1. The Morgan fingerprint density at radius 3 is 3.06 bits per heavy atom. The molecule has 2 N–H and O–H groups in total. The molecular formula is C11H13N3O3S. The molecule has 2 rings (SSSR count). The van der Waals surface area contributed by atoms with E-state index in [1.165, 1.54) is 24.8 Å². The SMILES string of the molecule is COC(CNc1ncnc2c(C)csc12)C(=O)O. The van der Waals surface area contributed by atoms with Crippen molar-refractivity contribution in [2.24, 2.45) is 0 Å². The number of nitrogens with zero attached hydrogens (tertiary/aromatic N) is 2. The Balaban J connectivity index is 2.19. The molecule has 0 fully saturated rings. The van der Waals surface area contributed by atoms with Crippen LogP contribution in [0.2, 0.25) is 0 Å². The summed E-state index contributed by atoms with van der Waals surface area (Å²) in [6, 6.07) is 0. The van der Waals surface area contributed by atoms with Crippen molar-refractivity contribution in [3.8, 4) is 0 Å². The van der Waals surface area contributed by atoms with Gasteiger partial charge in [0.05, 0.1) is 16.8 Å². The smallest absolute Gasteiger partial charge is 0.334 e. The fraction of sp³-hybridized carbons (Fsp3) is 0.364. The second kappa shape index (κ2) is 5.28. The van der Waals surface area contributed by atoms with Gasteiger partial charge in [-0.05, 0) is 17.9 Å². The first-order valence-electron chi connectivity index (χ1n) is 5.31. The fourth-order valence-corrected chi connectivity index (χ4v) is 2.52. The molecule has 2 aromatic rings. The summed E-state index contributed by atoms with van der Waals surface area (Å²) in [5.74, 6) is -0.362. The summed E-state index contributed by atoms with van der Waals surface area (Å²) in [7, 11) is 1.37. The lowest BCUT2D eigenvalue weighted by molar-refractivity contribution is -0.147. The van der Waals surface area contributed by atoms with E-state index in [4.69, 9.17) is 9.84 Å². The van der Waals surface area contributed by atoms with Crippen molar-refractivity contribution < 1.29 is 14.6 Å². The summed E-state index contributed by atoms with van der Waals surface area (Å²) < 4.78 is 5.77. The molecule has 1 atom stereocenters. The predicted molar refractivity (Wildman–Crippen MR) is 69.1 cm³/mol. The average Bonchev–Trinajstić information content (AvgIpc) is 2.73. The van der Waals surface area contributed by atoms with Crippen LogP contribution < -0.4 is 5.32 Å². The zero-order valence-corrected chi connectivity index (χ0v) is 10.8. The van der Waals surface area contributed by atoms with Gasteiger partial charge in [-0.3, -0.25) is 0 Å². The van der Waals surface area contributed by atoms with Gasteiger partial charge in [0.15, 0.2) is 6.10 Å². The van der Waals surface area contributed by atoms with Gasteiger partial charge in [0.1, 0.15) is 12.1 Å². The van der Waals surface area contributed by atoms with E-state index in [0.717, 1.165) is 15.8 Å². The zero-order chi connectivity index (χ0) is 13.1. The molecule has 0 bridgehead atoms. The molecule has 7 heteroatoms. The molecule has 0 radical (unpaired) electrons. The molecule has 2 heterocycles. The lowest BCUT2D eigenvalue weighted by atomic mass is 10.3. The second-order valence-corrected chi connectivity index (χ2v) is 4.64. The summed E-state index contributed by atoms with van der Waals surface area (Å²) in [6.07, 6.45) is 0.573. The van der Waals surface area contributed by atoms with Crippen molar-refractivity contribution in [2.75, 3.05) is 19.0 Å². The number of nitrogens with one attached hydrogen (secondary N) is 1. The lowest BCUT2D eigenvalue weighted by Crippen LogP contribution is -2.30. The van der Waals surface area contributed by atoms with Gasteiger partial charge < -0.3 is 15.2 Å². The molecule has 18 heavy (non-hydrogen) atoms. The average molecular weight is 267 g/mol. The normalized spacial score (nSPS) is 12.6. The van der Waals surface area contributed by atoms with Gasteiger partial charge in [-0.25, -0.2) is 14.8 Å². The number of ether oxygens (including phenoxy) is 1. The fourth-order valence-electron chi connectivity index (χ4n) is 1.56. The third kappa shape index (κ3) is 2.41. The minimum atomic E-state index is -1.00. The van der Waals surface area contributed by atoms with E-state index in [-0.39, 0.29) is 6.54 Å². The molecule has 0 spiro atoms. The molecule has 1 unspecified atom stereocenters. The number of hydrogen-bond acceptors (Lipinski definition) is 6. The number of aromatic nitrogens is 2. The summed E-state index contributed by atoms with van der Waals surface area (Å²) >= 11 is 1.53. The van der Waals surface area contributed by atoms with Crippen LogP contribution in [0.5, 0.6) is 0 Å². The van der Waals surface area contributed by atoms with E-state index < -0.39 is 12.1 Å². The number of carboxylic acids is 1. The Labute approximate surface area is 108 Å². The summed E-state index contributed by atoms with van der Waals surface area (Å²) in [6.45, 7) is 2.14. The number of aryl methyl sites for hydroxylation is 1. The summed E-state index contributed by atoms with van der Waals surface area (Å²) in [5, 5.41) is 13.9. The van der Waals surface area contributed by atoms with Crippen molar-refractivity contribution in [2.45, 2.75) is 13.0 Å². The number of fused-ring (bicyclic) bond motifs is 1. The van der Waals surface area contributed by atoms with E-state index in [0.29, 0.717) is 5.82 Å². The molecule has 0 aliphatic rings. The minimum Gasteiger partial charge on any atom is -0.479 e. The van der Waals surface area contributed by atoms with Gasteiger partial charge in [-0.1, -0.05) is 0 Å². The van der Waals surface area contributed by atoms with Crippen LogP contribution in [0.25, 0.3) is 10.2 Å². The predicted octanol–water partition coefficient (Wildman–Crippen LogP) is 1.51. The molecule has 2 aromatic heterocycles. The van der Waals surface area contributed by atoms with Crippen molar-refractivity contribution in [1.82, 2.24) is 9.97 Å². The van der Waals surface area contributed by atoms with Crippen molar-refractivity contribution in [3.05, 3.63) is 17.3 Å². The molecule has 96 valence electrons. The number of carboxylic acid groups (broad SMARTS) is 1. The van der Waals surface area contributed by atoms with Crippen LogP contribution in [0.4, 0.5) is 5.82 Å². The van der Waals surface area contributed by atoms with Crippen LogP contribution in [0.3, 0.4) is 0 Å². The third-order valence-corrected chi connectivity index (χ3v) is 3.64. The highest BCUT2D eigenvalue weighted by Crippen LogP contribution is 2.28. The first-order chi connectivity index (χ1) is 8.63. The Bertz CT molecular complexity index is 570. The standard InChI is InChI=1S/C11H13N3O3S/c1-6-4-18-9-8(6)13-5-14-10(9)12-3-7(17-2)11(15)16/h4-5,7H,3H2,1-2H3,(H,15,16)(H,12,13,14). The number of carbonyl (C=O) groups is 1. The van der Waals surface area contributed by atoms with E-state index in [1.807, 2.05) is 12.3 Å². The molecule has 0 saturated carbocycles. The highest BCUT2D eigenvalue weighted by Gasteiger charge is 2.17. The number of aliphatic carboxylic acids is 1. The van der Waals surface area contributed by atoms with Crippen LogP contribution in [0, 0.1) is 6.92 Å². The first kappa shape index (κ1) is 12.7. The van der Waals surface area contributed by atoms with Crippen LogP contribution in [-0.2, 0) is 9.53 Å². The van der Waals surface area contributed by atoms with Gasteiger partial charge in [0.2, 0.25) is 0 Å². The second-order valence-electron chi connectivity index (χ2n) is 3.76. The Morgan fingerprint density at radius 2 is 2.39 bits per heavy atom. The largest absolute Gasteiger partial charge is 0.479 e. The van der Waals surface area contributed by atoms with E-state index in [2.05, 4.69) is 15.3 Å². The Hall–Kier alpha value is -1.73. The zero-order valence-electron chi connectivity index (χ0n) is 10.0. The number of thiophene rings is 1. The summed E-state index contributed by atoms with van der Waals surface area (Å²) in [5.41, 5.74) is 1.98. The Kier molecular flexibility index (Phi) is 3.73. The van der Waals surface area contributed by atoms with Crippen LogP contribution in [-0.4, -0.2) is 40.8 Å². The van der Waals surface area contributed by atoms with E-state index in [9.17, 15) is 4.79 Å². The Morgan fingerprint density at radius 1 is 1.61 bits per heavy atom. The molecule has 0 aliphatic carbocycles. The highest BCUT2D eigenvalue weighted by atomic mass is 32.1. The van der Waals surface area contributed by atoms with Gasteiger partial charge in [-0.2, -0.15) is 0 Å². The maximum absolute atomic E-state index is 10.8. The maximum atomic E-state index is 10.8. The van der Waals surface area contributed by atoms with Crippen molar-refractivity contribution in [3.63, 3.8) is 0 Å². The van der Waals surface area contributed by atoms with Gasteiger partial charge in [0.25, 0.3) is 0 Å². The van der Waals surface area contributed by atoms with Crippen LogP contribution >= 0.6 is 11.3 Å². The topological polar surface area (TPSA) is 84.3 Å². The highest BCUT2D eigenvalue weighted by molar-refractivity contribution is 7.18. The third-order valence-electron chi connectivity index (χ3n) is 2.55. The molecule has 0 saturated heterocycles. The molecule has 0 amide bonds. The number of hydrogen-bond donors (Lipinski definition) is 2. The molecule has 0 aromatic carbocycles. The van der Waals surface area contributed by atoms with Crippen molar-refractivity contribution in [1.29, 1.82) is 0 Å². The first-order valence-corrected chi connectivity index (χ1v) is 6.19. The quantitative estimate of drug-likeness (QED) is 0.854. The minimum absolute atomic E-state index is 0.162. The van der Waals surface area contributed by atoms with E-state index in [1.54, 1.807) is 0 Å². The van der Waals surface area contributed by atoms with Crippen molar-refractivity contribution >= 4 is 33.3 Å². The van der Waals surface area contributed by atoms with Gasteiger partial charge >= 0.3 is 5.97 Å². The van der Waals surface area contributed by atoms with E-state index >= 15 is 0 Å². The van der Waals surface area contributed by atoms with Crippen LogP contribution in [0.15, 0.2) is 11.7 Å². The molecule has 6 nitrogen and oxygen atoms in total. The number of anilines is 1. The molecule has 0 aliphatic heterocycles. The number of rotatable bonds is 5. The summed E-state index contributed by atoms with van der Waals surface area (Å²) in [4.78, 5) is 19.1. The van der Waals surface area contributed by atoms with Gasteiger partial charge in [0, 0.05) is 7.11 Å². The maximum Gasteiger partial charge on any atom is 0.334 e. The lowest BCUT2D eigenvalue weighted by Gasteiger charge is -2.12. The molecular weight excluding hydrogens is 254 g/mol. The monoisotopic (exact) mass is 267 g/mol. The van der Waals surface area contributed by atoms with Crippen LogP contribution in [0.1, 0.15) is 5.56 Å².